The first-order valence-electron chi connectivity index (χ1n) is 8.80. The number of rotatable bonds is 3. The largest absolute Gasteiger partial charge is 0.369 e. The Hall–Kier alpha value is -1.02. The number of fused-ring (bicyclic) bond motifs is 1. The molecular weight excluding hydrogens is 256 g/mol. The lowest BCUT2D eigenvalue weighted by atomic mass is 9.81. The van der Waals surface area contributed by atoms with Gasteiger partial charge in [-0.25, -0.2) is 0 Å². The molecule has 1 atom stereocenters. The normalized spacial score (nSPS) is 22.7. The zero-order valence-corrected chi connectivity index (χ0v) is 13.7. The molecule has 3 rings (SSSR count). The second-order valence-electron chi connectivity index (χ2n) is 7.22. The molecule has 0 amide bonds. The second kappa shape index (κ2) is 6.39. The molecule has 1 N–H and O–H groups in total. The highest BCUT2D eigenvalue weighted by atomic mass is 15.2. The maximum absolute atomic E-state index is 3.93. The average Bonchev–Trinajstić information content (AvgIpc) is 2.66. The van der Waals surface area contributed by atoms with Gasteiger partial charge in [0.25, 0.3) is 0 Å². The number of nitrogens with zero attached hydrogens (tertiary/aromatic N) is 1. The highest BCUT2D eigenvalue weighted by molar-refractivity contribution is 5.55. The van der Waals surface area contributed by atoms with Gasteiger partial charge in [0.15, 0.2) is 0 Å². The van der Waals surface area contributed by atoms with E-state index in [9.17, 15) is 0 Å². The van der Waals surface area contributed by atoms with E-state index in [1.165, 1.54) is 62.9 Å². The first-order chi connectivity index (χ1) is 10.2. The quantitative estimate of drug-likeness (QED) is 0.889. The first-order valence-corrected chi connectivity index (χ1v) is 8.80. The van der Waals surface area contributed by atoms with Gasteiger partial charge >= 0.3 is 0 Å². The maximum Gasteiger partial charge on any atom is 0.0412 e. The van der Waals surface area contributed by atoms with Crippen LogP contribution in [0.3, 0.4) is 0 Å². The summed E-state index contributed by atoms with van der Waals surface area (Å²) in [6.45, 7) is 8.11. The first kappa shape index (κ1) is 14.9. The van der Waals surface area contributed by atoms with E-state index in [4.69, 9.17) is 0 Å². The summed E-state index contributed by atoms with van der Waals surface area (Å²) in [6.07, 6.45) is 8.15. The van der Waals surface area contributed by atoms with Crippen molar-refractivity contribution in [3.05, 3.63) is 29.8 Å². The molecule has 0 aromatic heterocycles. The fourth-order valence-corrected chi connectivity index (χ4v) is 3.99. The van der Waals surface area contributed by atoms with Crippen molar-refractivity contribution in [1.29, 1.82) is 0 Å². The molecule has 1 spiro atoms. The van der Waals surface area contributed by atoms with Crippen LogP contribution in [0.25, 0.3) is 0 Å². The van der Waals surface area contributed by atoms with Crippen LogP contribution >= 0.6 is 0 Å². The molecule has 2 aliphatic rings. The lowest BCUT2D eigenvalue weighted by Crippen LogP contribution is -2.53. The summed E-state index contributed by atoms with van der Waals surface area (Å²) < 4.78 is 0. The Morgan fingerprint density at radius 1 is 1.19 bits per heavy atom. The van der Waals surface area contributed by atoms with Crippen molar-refractivity contribution in [3.63, 3.8) is 0 Å². The van der Waals surface area contributed by atoms with E-state index >= 15 is 0 Å². The van der Waals surface area contributed by atoms with Crippen molar-refractivity contribution < 1.29 is 0 Å². The fraction of sp³-hybridized carbons (Fsp3) is 0.684. The Balaban J connectivity index is 1.88. The predicted octanol–water partition coefficient (Wildman–Crippen LogP) is 4.35. The van der Waals surface area contributed by atoms with Crippen LogP contribution in [-0.2, 0) is 6.54 Å². The topological polar surface area (TPSA) is 15.3 Å². The van der Waals surface area contributed by atoms with E-state index in [-0.39, 0.29) is 0 Å². The van der Waals surface area contributed by atoms with Gasteiger partial charge in [-0.15, -0.1) is 0 Å². The fourth-order valence-electron chi connectivity index (χ4n) is 3.99. The van der Waals surface area contributed by atoms with Crippen molar-refractivity contribution >= 4 is 5.69 Å². The molecule has 1 aliphatic heterocycles. The summed E-state index contributed by atoms with van der Waals surface area (Å²) in [5.41, 5.74) is 3.29. The Morgan fingerprint density at radius 2 is 1.95 bits per heavy atom. The van der Waals surface area contributed by atoms with Crippen molar-refractivity contribution in [2.75, 3.05) is 18.0 Å². The molecular formula is C19H30N2. The van der Waals surface area contributed by atoms with Gasteiger partial charge in [-0.3, -0.25) is 0 Å². The number of nitrogens with one attached hydrogen (secondary N) is 1. The Morgan fingerprint density at radius 3 is 2.71 bits per heavy atom. The third kappa shape index (κ3) is 3.26. The number of hydrogen-bond acceptors (Lipinski definition) is 2. The van der Waals surface area contributed by atoms with Crippen molar-refractivity contribution in [1.82, 2.24) is 5.32 Å². The number of anilines is 1. The molecule has 21 heavy (non-hydrogen) atoms. The molecule has 2 heteroatoms. The van der Waals surface area contributed by atoms with Gasteiger partial charge in [0.2, 0.25) is 0 Å². The van der Waals surface area contributed by atoms with Crippen molar-refractivity contribution in [3.8, 4) is 0 Å². The maximum atomic E-state index is 3.93. The Kier molecular flexibility index (Phi) is 4.54. The summed E-state index contributed by atoms with van der Waals surface area (Å²) in [5.74, 6) is 0.761. The summed E-state index contributed by atoms with van der Waals surface area (Å²) in [5, 5.41) is 3.93. The second-order valence-corrected chi connectivity index (χ2v) is 7.22. The smallest absolute Gasteiger partial charge is 0.0412 e. The molecule has 1 unspecified atom stereocenters. The van der Waals surface area contributed by atoms with E-state index in [0.29, 0.717) is 5.54 Å². The number of hydrogen-bond donors (Lipinski definition) is 1. The molecule has 1 aliphatic carbocycles. The SMILES string of the molecule is CCC(C)CN1CC2(CCCCC2)NCc2ccccc21. The third-order valence-corrected chi connectivity index (χ3v) is 5.52. The minimum absolute atomic E-state index is 0.352. The summed E-state index contributed by atoms with van der Waals surface area (Å²) in [7, 11) is 0. The van der Waals surface area contributed by atoms with Crippen LogP contribution in [-0.4, -0.2) is 18.6 Å². The van der Waals surface area contributed by atoms with E-state index in [1.807, 2.05) is 0 Å². The third-order valence-electron chi connectivity index (χ3n) is 5.52. The van der Waals surface area contributed by atoms with Gasteiger partial charge in [-0.2, -0.15) is 0 Å². The van der Waals surface area contributed by atoms with Crippen LogP contribution < -0.4 is 10.2 Å². The molecule has 0 radical (unpaired) electrons. The molecule has 1 aromatic carbocycles. The van der Waals surface area contributed by atoms with Gasteiger partial charge in [-0.1, -0.05) is 57.7 Å². The van der Waals surface area contributed by atoms with Crippen molar-refractivity contribution in [2.45, 2.75) is 64.5 Å². The predicted molar refractivity (Wildman–Crippen MR) is 90.8 cm³/mol. The molecule has 0 saturated heterocycles. The van der Waals surface area contributed by atoms with Crippen LogP contribution in [0, 0.1) is 5.92 Å². The molecule has 1 saturated carbocycles. The minimum Gasteiger partial charge on any atom is -0.369 e. The molecule has 1 fully saturated rings. The van der Waals surface area contributed by atoms with Crippen LogP contribution in [0.2, 0.25) is 0 Å². The van der Waals surface area contributed by atoms with E-state index in [2.05, 4.69) is 48.3 Å². The van der Waals surface area contributed by atoms with Gasteiger partial charge in [0.05, 0.1) is 0 Å². The average molecular weight is 286 g/mol. The van der Waals surface area contributed by atoms with E-state index < -0.39 is 0 Å². The Labute approximate surface area is 129 Å². The molecule has 1 heterocycles. The number of para-hydroxylation sites is 1. The molecule has 0 bridgehead atoms. The Bertz CT molecular complexity index is 462. The lowest BCUT2D eigenvalue weighted by molar-refractivity contribution is 0.235. The molecule has 116 valence electrons. The van der Waals surface area contributed by atoms with Crippen LogP contribution in [0.5, 0.6) is 0 Å². The monoisotopic (exact) mass is 286 g/mol. The van der Waals surface area contributed by atoms with Gasteiger partial charge < -0.3 is 10.2 Å². The summed E-state index contributed by atoms with van der Waals surface area (Å²) in [4.78, 5) is 2.68. The number of benzene rings is 1. The van der Waals surface area contributed by atoms with E-state index in [0.717, 1.165) is 12.5 Å². The zero-order valence-electron chi connectivity index (χ0n) is 13.7. The van der Waals surface area contributed by atoms with Crippen LogP contribution in [0.4, 0.5) is 5.69 Å². The van der Waals surface area contributed by atoms with Crippen LogP contribution in [0.1, 0.15) is 57.9 Å². The highest BCUT2D eigenvalue weighted by Crippen LogP contribution is 2.35. The highest BCUT2D eigenvalue weighted by Gasteiger charge is 2.36. The van der Waals surface area contributed by atoms with Gasteiger partial charge in [-0.05, 0) is 30.4 Å². The zero-order chi connectivity index (χ0) is 14.7. The van der Waals surface area contributed by atoms with Gasteiger partial charge in [0.1, 0.15) is 0 Å². The molecule has 1 aromatic rings. The lowest BCUT2D eigenvalue weighted by Gasteiger charge is -2.41. The standard InChI is InChI=1S/C19H30N2/c1-3-16(2)14-21-15-19(11-7-4-8-12-19)20-13-17-9-5-6-10-18(17)21/h5-6,9-10,16,20H,3-4,7-8,11-15H2,1-2H3. The minimum atomic E-state index is 0.352. The summed E-state index contributed by atoms with van der Waals surface area (Å²) >= 11 is 0. The molecule has 2 nitrogen and oxygen atoms in total. The van der Waals surface area contributed by atoms with Crippen LogP contribution in [0.15, 0.2) is 24.3 Å². The van der Waals surface area contributed by atoms with Gasteiger partial charge in [0, 0.05) is 30.9 Å². The van der Waals surface area contributed by atoms with Crippen molar-refractivity contribution in [2.24, 2.45) is 5.92 Å². The summed E-state index contributed by atoms with van der Waals surface area (Å²) in [6, 6.07) is 9.00. The van der Waals surface area contributed by atoms with E-state index in [1.54, 1.807) is 0 Å².